The van der Waals surface area contributed by atoms with E-state index in [2.05, 4.69) is 5.32 Å². The van der Waals surface area contributed by atoms with Gasteiger partial charge in [-0.1, -0.05) is 23.8 Å². The van der Waals surface area contributed by atoms with Gasteiger partial charge in [-0.15, -0.1) is 0 Å². The van der Waals surface area contributed by atoms with E-state index in [1.165, 1.54) is 12.1 Å². The van der Waals surface area contributed by atoms with Crippen molar-refractivity contribution in [3.8, 4) is 5.75 Å². The van der Waals surface area contributed by atoms with Gasteiger partial charge in [0.15, 0.2) is 0 Å². The second kappa shape index (κ2) is 7.17. The zero-order valence-corrected chi connectivity index (χ0v) is 12.5. The molecule has 0 aromatic heterocycles. The third kappa shape index (κ3) is 5.02. The van der Waals surface area contributed by atoms with Crippen LogP contribution in [0.2, 0.25) is 0 Å². The van der Waals surface area contributed by atoms with Crippen LogP contribution in [-0.2, 0) is 6.18 Å². The molecule has 3 nitrogen and oxygen atoms in total. The van der Waals surface area contributed by atoms with Crippen LogP contribution in [0.25, 0.3) is 0 Å². The quantitative estimate of drug-likeness (QED) is 0.850. The average molecular weight is 323 g/mol. The van der Waals surface area contributed by atoms with Gasteiger partial charge in [0, 0.05) is 5.56 Å². The number of benzene rings is 2. The molecule has 0 radical (unpaired) electrons. The van der Waals surface area contributed by atoms with E-state index in [9.17, 15) is 18.0 Å². The van der Waals surface area contributed by atoms with Crippen molar-refractivity contribution in [2.24, 2.45) is 0 Å². The molecule has 1 N–H and O–H groups in total. The van der Waals surface area contributed by atoms with E-state index in [1.807, 2.05) is 31.2 Å². The molecule has 1 amide bonds. The van der Waals surface area contributed by atoms with Gasteiger partial charge in [0.2, 0.25) is 0 Å². The van der Waals surface area contributed by atoms with Crippen molar-refractivity contribution in [2.45, 2.75) is 13.1 Å². The van der Waals surface area contributed by atoms with Crippen molar-refractivity contribution >= 4 is 5.91 Å². The topological polar surface area (TPSA) is 38.3 Å². The largest absolute Gasteiger partial charge is 0.492 e. The Hall–Kier alpha value is -2.50. The Bertz CT molecular complexity index is 666. The first-order chi connectivity index (χ1) is 10.9. The van der Waals surface area contributed by atoms with Crippen molar-refractivity contribution in [2.75, 3.05) is 13.2 Å². The Morgan fingerprint density at radius 2 is 1.83 bits per heavy atom. The highest BCUT2D eigenvalue weighted by atomic mass is 19.4. The summed E-state index contributed by atoms with van der Waals surface area (Å²) in [7, 11) is 0. The summed E-state index contributed by atoms with van der Waals surface area (Å²) < 4.78 is 43.2. The van der Waals surface area contributed by atoms with Crippen LogP contribution in [0.4, 0.5) is 13.2 Å². The zero-order valence-electron chi connectivity index (χ0n) is 12.5. The molecule has 6 heteroatoms. The number of halogens is 3. The lowest BCUT2D eigenvalue weighted by atomic mass is 10.1. The molecule has 0 saturated heterocycles. The van der Waals surface area contributed by atoms with Crippen LogP contribution in [-0.4, -0.2) is 19.1 Å². The highest BCUT2D eigenvalue weighted by Gasteiger charge is 2.30. The summed E-state index contributed by atoms with van der Waals surface area (Å²) in [6, 6.07) is 11.7. The molecule has 0 heterocycles. The normalized spacial score (nSPS) is 11.1. The van der Waals surface area contributed by atoms with E-state index >= 15 is 0 Å². The molecule has 0 aliphatic rings. The van der Waals surface area contributed by atoms with Crippen molar-refractivity contribution in [3.05, 3.63) is 65.2 Å². The van der Waals surface area contributed by atoms with Crippen LogP contribution in [0.3, 0.4) is 0 Å². The third-order valence-electron chi connectivity index (χ3n) is 3.13. The summed E-state index contributed by atoms with van der Waals surface area (Å²) in [5, 5.41) is 2.53. The molecule has 122 valence electrons. The van der Waals surface area contributed by atoms with E-state index in [0.29, 0.717) is 5.75 Å². The minimum absolute atomic E-state index is 0.0323. The fraction of sp³-hybridized carbons (Fsp3) is 0.235. The molecular weight excluding hydrogens is 307 g/mol. The highest BCUT2D eigenvalue weighted by Crippen LogP contribution is 2.29. The van der Waals surface area contributed by atoms with Crippen LogP contribution >= 0.6 is 0 Å². The minimum Gasteiger partial charge on any atom is -0.492 e. The van der Waals surface area contributed by atoms with Gasteiger partial charge in [0.05, 0.1) is 12.1 Å². The van der Waals surface area contributed by atoms with E-state index < -0.39 is 17.6 Å². The first-order valence-corrected chi connectivity index (χ1v) is 7.01. The number of carbonyl (C=O) groups excluding carboxylic acids is 1. The number of rotatable bonds is 5. The molecule has 0 fully saturated rings. The lowest BCUT2D eigenvalue weighted by Gasteiger charge is -2.10. The fourth-order valence-electron chi connectivity index (χ4n) is 1.91. The fourth-order valence-corrected chi connectivity index (χ4v) is 1.91. The molecule has 0 bridgehead atoms. The standard InChI is InChI=1S/C17H16F3NO2/c1-12-5-7-15(8-6-12)23-10-9-21-16(22)13-3-2-4-14(11-13)17(18,19)20/h2-8,11H,9-10H2,1H3,(H,21,22). The predicted octanol–water partition coefficient (Wildman–Crippen LogP) is 3.82. The van der Waals surface area contributed by atoms with Crippen LogP contribution in [0.5, 0.6) is 5.75 Å². The number of hydrogen-bond acceptors (Lipinski definition) is 2. The van der Waals surface area contributed by atoms with Crippen molar-refractivity contribution in [1.82, 2.24) is 5.32 Å². The molecule has 0 saturated carbocycles. The van der Waals surface area contributed by atoms with Crippen molar-refractivity contribution in [3.63, 3.8) is 0 Å². The Balaban J connectivity index is 1.84. The maximum absolute atomic E-state index is 12.6. The Morgan fingerprint density at radius 1 is 1.13 bits per heavy atom. The van der Waals surface area contributed by atoms with Gasteiger partial charge in [-0.05, 0) is 37.3 Å². The number of ether oxygens (including phenoxy) is 1. The summed E-state index contributed by atoms with van der Waals surface area (Å²) in [5.41, 5.74) is 0.228. The number of aryl methyl sites for hydroxylation is 1. The lowest BCUT2D eigenvalue weighted by molar-refractivity contribution is -0.137. The van der Waals surface area contributed by atoms with Gasteiger partial charge in [0.1, 0.15) is 12.4 Å². The number of nitrogens with one attached hydrogen (secondary N) is 1. The summed E-state index contributed by atoms with van der Waals surface area (Å²) in [6.45, 7) is 2.38. The monoisotopic (exact) mass is 323 g/mol. The van der Waals surface area contributed by atoms with Gasteiger partial charge in [-0.2, -0.15) is 13.2 Å². The molecule has 0 aliphatic heterocycles. The highest BCUT2D eigenvalue weighted by molar-refractivity contribution is 5.94. The maximum Gasteiger partial charge on any atom is 0.416 e. The van der Waals surface area contributed by atoms with E-state index in [-0.39, 0.29) is 18.7 Å². The van der Waals surface area contributed by atoms with Crippen LogP contribution in [0, 0.1) is 6.92 Å². The molecule has 23 heavy (non-hydrogen) atoms. The second-order valence-corrected chi connectivity index (χ2v) is 5.00. The summed E-state index contributed by atoms with van der Waals surface area (Å²) in [5.74, 6) is 0.104. The van der Waals surface area contributed by atoms with Gasteiger partial charge in [0.25, 0.3) is 5.91 Å². The number of alkyl halides is 3. The first-order valence-electron chi connectivity index (χ1n) is 7.01. The Kier molecular flexibility index (Phi) is 5.26. The van der Waals surface area contributed by atoms with E-state index in [0.717, 1.165) is 17.7 Å². The lowest BCUT2D eigenvalue weighted by Crippen LogP contribution is -2.28. The summed E-state index contributed by atoms with van der Waals surface area (Å²) >= 11 is 0. The Morgan fingerprint density at radius 3 is 2.48 bits per heavy atom. The summed E-state index contributed by atoms with van der Waals surface area (Å²) in [4.78, 5) is 11.8. The number of carbonyl (C=O) groups is 1. The van der Waals surface area contributed by atoms with Crippen LogP contribution in [0.15, 0.2) is 48.5 Å². The summed E-state index contributed by atoms with van der Waals surface area (Å²) in [6.07, 6.45) is -4.47. The number of hydrogen-bond donors (Lipinski definition) is 1. The molecule has 0 unspecified atom stereocenters. The minimum atomic E-state index is -4.47. The van der Waals surface area contributed by atoms with E-state index in [4.69, 9.17) is 4.74 Å². The maximum atomic E-state index is 12.6. The molecule has 2 aromatic carbocycles. The van der Waals surface area contributed by atoms with Crippen molar-refractivity contribution < 1.29 is 22.7 Å². The van der Waals surface area contributed by atoms with Gasteiger partial charge >= 0.3 is 6.18 Å². The third-order valence-corrected chi connectivity index (χ3v) is 3.13. The molecule has 0 aliphatic carbocycles. The zero-order chi connectivity index (χ0) is 16.9. The first kappa shape index (κ1) is 16.9. The van der Waals surface area contributed by atoms with E-state index in [1.54, 1.807) is 0 Å². The average Bonchev–Trinajstić information content (AvgIpc) is 2.52. The second-order valence-electron chi connectivity index (χ2n) is 5.00. The molecule has 0 atom stereocenters. The molecular formula is C17H16F3NO2. The SMILES string of the molecule is Cc1ccc(OCCNC(=O)c2cccc(C(F)(F)F)c2)cc1. The van der Waals surface area contributed by atoms with Gasteiger partial charge in [-0.3, -0.25) is 4.79 Å². The van der Waals surface area contributed by atoms with Gasteiger partial charge in [-0.25, -0.2) is 0 Å². The van der Waals surface area contributed by atoms with Crippen LogP contribution in [0.1, 0.15) is 21.5 Å². The number of amides is 1. The molecule has 0 spiro atoms. The molecule has 2 rings (SSSR count). The van der Waals surface area contributed by atoms with Gasteiger partial charge < -0.3 is 10.1 Å². The molecule has 2 aromatic rings. The Labute approximate surface area is 132 Å². The predicted molar refractivity (Wildman–Crippen MR) is 80.5 cm³/mol. The van der Waals surface area contributed by atoms with Crippen molar-refractivity contribution in [1.29, 1.82) is 0 Å². The van der Waals surface area contributed by atoms with Crippen LogP contribution < -0.4 is 10.1 Å². The smallest absolute Gasteiger partial charge is 0.416 e.